The van der Waals surface area contributed by atoms with Gasteiger partial charge in [-0.1, -0.05) is 0 Å². The molecule has 2 aliphatic heterocycles. The van der Waals surface area contributed by atoms with Crippen LogP contribution in [0.3, 0.4) is 0 Å². The van der Waals surface area contributed by atoms with Crippen LogP contribution in [-0.4, -0.2) is 48.9 Å². The highest BCUT2D eigenvalue weighted by atomic mass is 35.5. The Hall–Kier alpha value is -0.315. The first kappa shape index (κ1) is 13.1. The van der Waals surface area contributed by atoms with E-state index in [1.165, 1.54) is 0 Å². The van der Waals surface area contributed by atoms with Crippen molar-refractivity contribution < 1.29 is 23.7 Å². The number of aliphatic hydroxyl groups excluding tert-OH is 1. The maximum atomic E-state index is 14.3. The molecule has 2 radical (unpaired) electrons. The molecule has 0 saturated carbocycles. The van der Waals surface area contributed by atoms with Gasteiger partial charge in [0.25, 0.3) is 0 Å². The van der Waals surface area contributed by atoms with Crippen LogP contribution >= 0.6 is 11.6 Å². The third-order valence-corrected chi connectivity index (χ3v) is 2.89. The van der Waals surface area contributed by atoms with Crippen molar-refractivity contribution in [2.24, 2.45) is 0 Å². The van der Waals surface area contributed by atoms with Gasteiger partial charge in [-0.25, -0.2) is 4.39 Å². The summed E-state index contributed by atoms with van der Waals surface area (Å²) in [5, 5.41) is 11.2. The van der Waals surface area contributed by atoms with Crippen molar-refractivity contribution in [1.29, 1.82) is 0 Å². The first-order chi connectivity index (χ1) is 7.78. The summed E-state index contributed by atoms with van der Waals surface area (Å²) >= 11 is 5.32. The van der Waals surface area contributed by atoms with Gasteiger partial charge >= 0.3 is 0 Å². The fourth-order valence-corrected chi connectivity index (χ4v) is 2.35. The molecule has 92 valence electrons. The normalized spacial score (nSPS) is 47.4. The summed E-state index contributed by atoms with van der Waals surface area (Å²) in [6.07, 6.45) is -1.90. The second-order valence-electron chi connectivity index (χ2n) is 4.48. The van der Waals surface area contributed by atoms with E-state index in [1.54, 1.807) is 13.8 Å². The van der Waals surface area contributed by atoms with Crippen LogP contribution in [0.5, 0.6) is 0 Å². The van der Waals surface area contributed by atoms with Crippen molar-refractivity contribution in [3.63, 3.8) is 0 Å². The molecule has 0 amide bonds. The number of hydrogen-bond donors (Lipinski definition) is 1. The average Bonchev–Trinajstić information content (AvgIpc) is 2.57. The van der Waals surface area contributed by atoms with Crippen LogP contribution in [-0.2, 0) is 14.2 Å². The Bertz CT molecular complexity index is 392. The second-order valence-corrected chi connectivity index (χ2v) is 4.67. The smallest absolute Gasteiger partial charge is 0.209 e. The van der Waals surface area contributed by atoms with Gasteiger partial charge in [0.1, 0.15) is 12.2 Å². The molecule has 17 heavy (non-hydrogen) atoms. The Morgan fingerprint density at radius 3 is 2.65 bits per heavy atom. The van der Waals surface area contributed by atoms with Gasteiger partial charge in [-0.3, -0.25) is 0 Å². The van der Waals surface area contributed by atoms with Gasteiger partial charge in [0.2, 0.25) is 11.4 Å². The molecule has 1 N–H and O–H groups in total. The Labute approximate surface area is 105 Å². The minimum atomic E-state index is -2.69. The third kappa shape index (κ3) is 1.77. The predicted octanol–water partition coefficient (Wildman–Crippen LogP) is 0.259. The fraction of sp³-hybridized carbons (Fsp3) is 0.800. The van der Waals surface area contributed by atoms with Crippen LogP contribution < -0.4 is 0 Å². The molecule has 0 aromatic heterocycles. The first-order valence-electron chi connectivity index (χ1n) is 5.05. The van der Waals surface area contributed by atoms with E-state index in [9.17, 15) is 4.39 Å². The minimum absolute atomic E-state index is 0.460. The van der Waals surface area contributed by atoms with E-state index >= 15 is 0 Å². The van der Waals surface area contributed by atoms with Crippen LogP contribution in [0.4, 0.5) is 4.39 Å². The van der Waals surface area contributed by atoms with E-state index in [-0.39, 0.29) is 0 Å². The molecule has 1 unspecified atom stereocenters. The van der Waals surface area contributed by atoms with E-state index in [4.69, 9.17) is 38.8 Å². The van der Waals surface area contributed by atoms with Gasteiger partial charge < -0.3 is 19.3 Å². The maximum Gasteiger partial charge on any atom is 0.209 e. The number of ether oxygens (including phenoxy) is 3. The van der Waals surface area contributed by atoms with E-state index in [2.05, 4.69) is 5.92 Å². The zero-order valence-corrected chi connectivity index (χ0v) is 10.1. The Kier molecular flexibility index (Phi) is 2.96. The SMILES string of the molecule is [B][C@]1(F)O[C@H](CO)C2OC(C)(C)O[C@]21C#CCl. The van der Waals surface area contributed by atoms with Gasteiger partial charge in [0.05, 0.1) is 6.61 Å². The molecule has 0 aliphatic carbocycles. The summed E-state index contributed by atoms with van der Waals surface area (Å²) < 4.78 is 30.0. The molecule has 2 saturated heterocycles. The Morgan fingerprint density at radius 1 is 1.47 bits per heavy atom. The zero-order chi connectivity index (χ0) is 12.9. The molecule has 7 heteroatoms. The molecule has 4 nitrogen and oxygen atoms in total. The van der Waals surface area contributed by atoms with Gasteiger partial charge in [-0.2, -0.15) is 0 Å². The van der Waals surface area contributed by atoms with Crippen LogP contribution in [0.2, 0.25) is 0 Å². The standard InChI is InChI=1S/C10H11BClFO4/c1-8(2)16-7-6(5-14)15-10(11,13)9(7,17-8)3-4-12/h6-7,14H,5H2,1-2H3/t6-,7?,9-,10-/m1/s1. The number of rotatable bonds is 1. The molecule has 2 rings (SSSR count). The summed E-state index contributed by atoms with van der Waals surface area (Å²) in [6.45, 7) is 2.72. The van der Waals surface area contributed by atoms with Crippen molar-refractivity contribution in [2.75, 3.05) is 6.61 Å². The van der Waals surface area contributed by atoms with Gasteiger partial charge in [-0.15, -0.1) is 0 Å². The Balaban J connectivity index is 2.48. The highest BCUT2D eigenvalue weighted by Gasteiger charge is 2.71. The molecule has 2 fully saturated rings. The van der Waals surface area contributed by atoms with E-state index < -0.39 is 36.0 Å². The summed E-state index contributed by atoms with van der Waals surface area (Å²) in [6, 6.07) is 0. The quantitative estimate of drug-likeness (QED) is 0.543. The number of halogens is 2. The van der Waals surface area contributed by atoms with Crippen LogP contribution in [0.1, 0.15) is 13.8 Å². The highest BCUT2D eigenvalue weighted by Crippen LogP contribution is 2.51. The van der Waals surface area contributed by atoms with Crippen molar-refractivity contribution in [1.82, 2.24) is 0 Å². The molecule has 0 aromatic rings. The zero-order valence-electron chi connectivity index (χ0n) is 9.37. The summed E-state index contributed by atoms with van der Waals surface area (Å²) in [5.41, 5.74) is -1.83. The monoisotopic (exact) mass is 260 g/mol. The predicted molar refractivity (Wildman–Crippen MR) is 57.9 cm³/mol. The van der Waals surface area contributed by atoms with Crippen LogP contribution in [0.15, 0.2) is 0 Å². The molecule has 0 aromatic carbocycles. The van der Waals surface area contributed by atoms with E-state index in [0.29, 0.717) is 0 Å². The molecule has 2 heterocycles. The third-order valence-electron chi connectivity index (χ3n) is 2.80. The van der Waals surface area contributed by atoms with Crippen molar-refractivity contribution >= 4 is 19.4 Å². The lowest BCUT2D eigenvalue weighted by molar-refractivity contribution is -0.232. The molecule has 2 aliphatic rings. The highest BCUT2D eigenvalue weighted by molar-refractivity contribution is 6.30. The minimum Gasteiger partial charge on any atom is -0.394 e. The maximum absolute atomic E-state index is 14.3. The number of aliphatic hydroxyl groups is 1. The lowest BCUT2D eigenvalue weighted by atomic mass is 9.78. The van der Waals surface area contributed by atoms with Crippen molar-refractivity contribution in [3.8, 4) is 11.3 Å². The van der Waals surface area contributed by atoms with Crippen molar-refractivity contribution in [2.45, 2.75) is 43.2 Å². The van der Waals surface area contributed by atoms with Gasteiger partial charge in [0.15, 0.2) is 13.6 Å². The molecule has 0 bridgehead atoms. The summed E-state index contributed by atoms with van der Waals surface area (Å²) in [7, 11) is 5.40. The molecular weight excluding hydrogens is 249 g/mol. The van der Waals surface area contributed by atoms with Crippen LogP contribution in [0, 0.1) is 11.3 Å². The summed E-state index contributed by atoms with van der Waals surface area (Å²) in [4.78, 5) is 0. The molecular formula is C10H11BClFO4. The Morgan fingerprint density at radius 2 is 2.12 bits per heavy atom. The number of fused-ring (bicyclic) bond motifs is 1. The molecule has 0 spiro atoms. The van der Waals surface area contributed by atoms with Gasteiger partial charge in [-0.05, 0) is 31.4 Å². The first-order valence-corrected chi connectivity index (χ1v) is 5.43. The lowest BCUT2D eigenvalue weighted by Crippen LogP contribution is -2.53. The number of alkyl halides is 1. The second kappa shape index (κ2) is 3.84. The van der Waals surface area contributed by atoms with Crippen LogP contribution in [0.25, 0.3) is 0 Å². The van der Waals surface area contributed by atoms with E-state index in [1.807, 2.05) is 5.38 Å². The molecule has 4 atom stereocenters. The largest absolute Gasteiger partial charge is 0.394 e. The number of hydrogen-bond acceptors (Lipinski definition) is 4. The summed E-state index contributed by atoms with van der Waals surface area (Å²) in [5.74, 6) is -1.42. The van der Waals surface area contributed by atoms with Gasteiger partial charge in [0, 0.05) is 5.38 Å². The van der Waals surface area contributed by atoms with E-state index in [0.717, 1.165) is 0 Å². The lowest BCUT2D eigenvalue weighted by Gasteiger charge is -2.31. The van der Waals surface area contributed by atoms with Crippen molar-refractivity contribution in [3.05, 3.63) is 0 Å². The topological polar surface area (TPSA) is 47.9 Å². The fourth-order valence-electron chi connectivity index (χ4n) is 2.21. The average molecular weight is 260 g/mol.